The Morgan fingerprint density at radius 3 is 2.10 bits per heavy atom. The summed E-state index contributed by atoms with van der Waals surface area (Å²) in [5.74, 6) is 1.16. The fraction of sp³-hybridized carbons (Fsp3) is 0.0938. The molecular weight excluding hydrogens is 540 g/mol. The first-order chi connectivity index (χ1) is 20.0. The van der Waals surface area contributed by atoms with Crippen LogP contribution in [0.2, 0.25) is 0 Å². The number of para-hydroxylation sites is 1. The third-order valence-corrected chi connectivity index (χ3v) is 6.52. The first kappa shape index (κ1) is 27.4. The Bertz CT molecular complexity index is 1610. The quantitative estimate of drug-likeness (QED) is 0.153. The zero-order valence-electron chi connectivity index (χ0n) is 22.3. The second-order valence-electron chi connectivity index (χ2n) is 8.86. The minimum Gasteiger partial charge on any atom is -0.493 e. The molecule has 5 rings (SSSR count). The molecule has 206 valence electrons. The van der Waals surface area contributed by atoms with E-state index in [0.29, 0.717) is 40.0 Å². The number of nitrogens with one attached hydrogen (secondary N) is 1. The maximum absolute atomic E-state index is 13.7. The van der Waals surface area contributed by atoms with Crippen molar-refractivity contribution in [3.05, 3.63) is 114 Å². The molecule has 0 bridgehead atoms. The van der Waals surface area contributed by atoms with Crippen LogP contribution in [0.5, 0.6) is 28.7 Å². The van der Waals surface area contributed by atoms with Gasteiger partial charge in [0.15, 0.2) is 16.6 Å². The van der Waals surface area contributed by atoms with Crippen LogP contribution in [0.25, 0.3) is 6.08 Å². The molecule has 9 heteroatoms. The number of nitrogens with zero attached hydrogens (tertiary/aromatic N) is 1. The number of carbonyl (C=O) groups is 2. The monoisotopic (exact) mass is 566 g/mol. The number of amides is 2. The summed E-state index contributed by atoms with van der Waals surface area (Å²) in [5.41, 5.74) is 1.73. The van der Waals surface area contributed by atoms with Crippen molar-refractivity contribution in [2.75, 3.05) is 19.1 Å². The average Bonchev–Trinajstić information content (AvgIpc) is 3.00. The Labute approximate surface area is 242 Å². The molecule has 0 aromatic heterocycles. The van der Waals surface area contributed by atoms with E-state index in [1.54, 1.807) is 36.4 Å². The number of methoxy groups -OCH3 is 2. The largest absolute Gasteiger partial charge is 0.493 e. The van der Waals surface area contributed by atoms with Crippen molar-refractivity contribution in [2.24, 2.45) is 0 Å². The summed E-state index contributed by atoms with van der Waals surface area (Å²) in [5, 5.41) is 2.59. The zero-order chi connectivity index (χ0) is 28.8. The molecule has 0 aliphatic carbocycles. The number of hydrogen-bond donors (Lipinski definition) is 1. The normalized spacial score (nSPS) is 14.0. The van der Waals surface area contributed by atoms with Crippen molar-refractivity contribution in [3.8, 4) is 28.7 Å². The summed E-state index contributed by atoms with van der Waals surface area (Å²) in [6, 6.07) is 29.2. The van der Waals surface area contributed by atoms with Crippen LogP contribution in [0, 0.1) is 0 Å². The highest BCUT2D eigenvalue weighted by Gasteiger charge is 2.35. The van der Waals surface area contributed by atoms with Crippen molar-refractivity contribution in [3.63, 3.8) is 0 Å². The van der Waals surface area contributed by atoms with E-state index in [1.165, 1.54) is 25.2 Å². The van der Waals surface area contributed by atoms with Gasteiger partial charge in [0, 0.05) is 5.56 Å². The highest BCUT2D eigenvalue weighted by molar-refractivity contribution is 7.80. The van der Waals surface area contributed by atoms with E-state index in [-0.39, 0.29) is 17.3 Å². The van der Waals surface area contributed by atoms with Gasteiger partial charge in [0.05, 0.1) is 19.9 Å². The molecule has 1 aliphatic rings. The number of ether oxygens (including phenoxy) is 4. The molecule has 1 aliphatic heterocycles. The molecule has 2 amide bonds. The maximum Gasteiger partial charge on any atom is 0.270 e. The fourth-order valence-corrected chi connectivity index (χ4v) is 4.52. The van der Waals surface area contributed by atoms with Gasteiger partial charge < -0.3 is 18.9 Å². The highest BCUT2D eigenvalue weighted by Crippen LogP contribution is 2.41. The summed E-state index contributed by atoms with van der Waals surface area (Å²) in [4.78, 5) is 27.9. The van der Waals surface area contributed by atoms with E-state index in [4.69, 9.17) is 31.2 Å². The number of hydrogen-bond acceptors (Lipinski definition) is 7. The molecule has 1 fully saturated rings. The summed E-state index contributed by atoms with van der Waals surface area (Å²) < 4.78 is 23.0. The van der Waals surface area contributed by atoms with Gasteiger partial charge in [0.25, 0.3) is 11.8 Å². The Morgan fingerprint density at radius 2 is 1.44 bits per heavy atom. The molecule has 8 nitrogen and oxygen atoms in total. The number of benzene rings is 4. The average molecular weight is 567 g/mol. The fourth-order valence-electron chi connectivity index (χ4n) is 4.24. The van der Waals surface area contributed by atoms with Crippen LogP contribution in [0.4, 0.5) is 5.69 Å². The Morgan fingerprint density at radius 1 is 0.780 bits per heavy atom. The predicted octanol–water partition coefficient (Wildman–Crippen LogP) is 5.91. The number of anilines is 1. The van der Waals surface area contributed by atoms with Crippen LogP contribution in [0.3, 0.4) is 0 Å². The van der Waals surface area contributed by atoms with Gasteiger partial charge in [-0.1, -0.05) is 48.5 Å². The van der Waals surface area contributed by atoms with Gasteiger partial charge in [-0.25, -0.2) is 0 Å². The number of carbonyl (C=O) groups excluding carboxylic acids is 2. The van der Waals surface area contributed by atoms with Crippen molar-refractivity contribution >= 4 is 40.9 Å². The van der Waals surface area contributed by atoms with Gasteiger partial charge in [-0.05, 0) is 72.4 Å². The molecule has 0 atom stereocenters. The lowest BCUT2D eigenvalue weighted by atomic mass is 10.0. The van der Waals surface area contributed by atoms with Crippen LogP contribution < -0.4 is 29.2 Å². The first-order valence-electron chi connectivity index (χ1n) is 12.6. The van der Waals surface area contributed by atoms with Gasteiger partial charge in [0.1, 0.15) is 23.7 Å². The molecule has 4 aromatic carbocycles. The van der Waals surface area contributed by atoms with E-state index in [9.17, 15) is 9.59 Å². The van der Waals surface area contributed by atoms with E-state index >= 15 is 0 Å². The van der Waals surface area contributed by atoms with Crippen molar-refractivity contribution in [1.82, 2.24) is 5.32 Å². The minimum atomic E-state index is -0.621. The van der Waals surface area contributed by atoms with Crippen LogP contribution in [-0.2, 0) is 16.2 Å². The lowest BCUT2D eigenvalue weighted by Gasteiger charge is -2.29. The van der Waals surface area contributed by atoms with E-state index < -0.39 is 11.8 Å². The Hall–Kier alpha value is -5.15. The minimum absolute atomic E-state index is 0.0262. The maximum atomic E-state index is 13.7. The predicted molar refractivity (Wildman–Crippen MR) is 159 cm³/mol. The molecule has 1 heterocycles. The van der Waals surface area contributed by atoms with Crippen LogP contribution >= 0.6 is 12.2 Å². The first-order valence-corrected chi connectivity index (χ1v) is 13.1. The lowest BCUT2D eigenvalue weighted by molar-refractivity contribution is -0.122. The van der Waals surface area contributed by atoms with Gasteiger partial charge in [0.2, 0.25) is 5.75 Å². The molecular formula is C32H26N2O6S. The number of rotatable bonds is 9. The van der Waals surface area contributed by atoms with E-state index in [2.05, 4.69) is 5.32 Å². The molecule has 0 spiro atoms. The second-order valence-corrected chi connectivity index (χ2v) is 9.25. The van der Waals surface area contributed by atoms with Gasteiger partial charge in [-0.2, -0.15) is 0 Å². The molecule has 0 saturated carbocycles. The molecule has 0 unspecified atom stereocenters. The lowest BCUT2D eigenvalue weighted by Crippen LogP contribution is -2.54. The number of thiocarbonyl (C=S) groups is 1. The van der Waals surface area contributed by atoms with Crippen LogP contribution in [-0.4, -0.2) is 31.1 Å². The molecule has 4 aromatic rings. The van der Waals surface area contributed by atoms with Crippen LogP contribution in [0.1, 0.15) is 11.1 Å². The van der Waals surface area contributed by atoms with Crippen molar-refractivity contribution in [2.45, 2.75) is 6.61 Å². The van der Waals surface area contributed by atoms with Crippen LogP contribution in [0.15, 0.2) is 103 Å². The zero-order valence-corrected chi connectivity index (χ0v) is 23.1. The third kappa shape index (κ3) is 6.05. The summed E-state index contributed by atoms with van der Waals surface area (Å²) in [7, 11) is 3.01. The SMILES string of the molecule is COc1ccc(C=C2C(=O)NC(=S)N(c3ccc(Oc4ccccc4)cc3)C2=O)c(OCc2ccccc2)c1OC. The molecule has 1 N–H and O–H groups in total. The molecule has 1 saturated heterocycles. The Kier molecular flexibility index (Phi) is 8.26. The van der Waals surface area contributed by atoms with E-state index in [0.717, 1.165) is 5.56 Å². The van der Waals surface area contributed by atoms with Gasteiger partial charge >= 0.3 is 0 Å². The Balaban J connectivity index is 1.46. The summed E-state index contributed by atoms with van der Waals surface area (Å²) in [6.07, 6.45) is 1.46. The van der Waals surface area contributed by atoms with E-state index in [1.807, 2.05) is 60.7 Å². The highest BCUT2D eigenvalue weighted by atomic mass is 32.1. The van der Waals surface area contributed by atoms with Gasteiger partial charge in [-0.15, -0.1) is 0 Å². The topological polar surface area (TPSA) is 86.3 Å². The molecule has 0 radical (unpaired) electrons. The summed E-state index contributed by atoms with van der Waals surface area (Å²) in [6.45, 7) is 0.230. The smallest absolute Gasteiger partial charge is 0.270 e. The van der Waals surface area contributed by atoms with Crippen molar-refractivity contribution in [1.29, 1.82) is 0 Å². The third-order valence-electron chi connectivity index (χ3n) is 6.23. The standard InChI is InChI=1S/C32H26N2O6S/c1-37-27-18-13-22(28(29(27)38-2)39-20-21-9-5-3-6-10-21)19-26-30(35)33-32(41)34(31(26)36)23-14-16-25(17-15-23)40-24-11-7-4-8-12-24/h3-19H,20H2,1-2H3,(H,33,35,41). The summed E-state index contributed by atoms with van der Waals surface area (Å²) >= 11 is 5.37. The van der Waals surface area contributed by atoms with Gasteiger partial charge in [-0.3, -0.25) is 19.8 Å². The van der Waals surface area contributed by atoms with Crippen molar-refractivity contribution < 1.29 is 28.5 Å². The molecule has 41 heavy (non-hydrogen) atoms. The second kappa shape index (κ2) is 12.4.